The Morgan fingerprint density at radius 2 is 2.19 bits per heavy atom. The highest BCUT2D eigenvalue weighted by molar-refractivity contribution is 5.85. The second-order valence-corrected chi connectivity index (χ2v) is 3.84. The highest BCUT2D eigenvalue weighted by Crippen LogP contribution is 2.26. The van der Waals surface area contributed by atoms with Gasteiger partial charge < -0.3 is 10.2 Å². The minimum atomic E-state index is 0.491. The summed E-state index contributed by atoms with van der Waals surface area (Å²) in [7, 11) is 0. The van der Waals surface area contributed by atoms with E-state index in [4.69, 9.17) is 10.2 Å². The van der Waals surface area contributed by atoms with Crippen molar-refractivity contribution in [3.05, 3.63) is 36.1 Å². The molecule has 0 aliphatic carbocycles. The third-order valence-corrected chi connectivity index (χ3v) is 2.68. The monoisotopic (exact) mass is 213 g/mol. The molecule has 2 aromatic heterocycles. The summed E-state index contributed by atoms with van der Waals surface area (Å²) in [6.45, 7) is 2.03. The number of nitrogen functional groups attached to an aromatic ring is 1. The van der Waals surface area contributed by atoms with Gasteiger partial charge in [-0.1, -0.05) is 12.1 Å². The average molecular weight is 213 g/mol. The van der Waals surface area contributed by atoms with Crippen molar-refractivity contribution in [1.82, 2.24) is 10.2 Å². The maximum atomic E-state index is 5.57. The molecule has 0 aliphatic heterocycles. The van der Waals surface area contributed by atoms with Gasteiger partial charge in [0.25, 0.3) is 0 Å². The van der Waals surface area contributed by atoms with Gasteiger partial charge in [0.05, 0.1) is 12.0 Å². The molecule has 0 atom stereocenters. The second kappa shape index (κ2) is 3.13. The topological polar surface area (TPSA) is 67.8 Å². The molecule has 3 aromatic rings. The molecule has 0 fully saturated rings. The highest BCUT2D eigenvalue weighted by atomic mass is 16.3. The van der Waals surface area contributed by atoms with Gasteiger partial charge in [0.15, 0.2) is 0 Å². The normalized spacial score (nSPS) is 11.1. The van der Waals surface area contributed by atoms with Crippen molar-refractivity contribution in [2.75, 3.05) is 5.73 Å². The maximum absolute atomic E-state index is 5.57. The number of aromatic amines is 1. The molecule has 3 N–H and O–H groups in total. The Morgan fingerprint density at radius 3 is 2.94 bits per heavy atom. The van der Waals surface area contributed by atoms with Crippen LogP contribution in [0, 0.1) is 6.92 Å². The lowest BCUT2D eigenvalue weighted by Crippen LogP contribution is -1.81. The number of aromatic nitrogens is 2. The number of nitrogens with zero attached hydrogens (tertiary/aromatic N) is 1. The Morgan fingerprint density at radius 1 is 1.31 bits per heavy atom. The molecule has 0 saturated carbocycles. The van der Waals surface area contributed by atoms with Crippen LogP contribution in [0.5, 0.6) is 0 Å². The van der Waals surface area contributed by atoms with E-state index in [0.29, 0.717) is 5.82 Å². The predicted octanol–water partition coefficient (Wildman–Crippen LogP) is 2.71. The smallest absolute Gasteiger partial charge is 0.145 e. The fraction of sp³-hybridized carbons (Fsp3) is 0.0833. The van der Waals surface area contributed by atoms with Gasteiger partial charge in [0, 0.05) is 17.0 Å². The number of nitrogens with one attached hydrogen (secondary N) is 1. The minimum absolute atomic E-state index is 0.491. The molecule has 0 unspecified atom stereocenters. The summed E-state index contributed by atoms with van der Waals surface area (Å²) < 4.78 is 5.45. The third-order valence-electron chi connectivity index (χ3n) is 2.68. The van der Waals surface area contributed by atoms with Crippen LogP contribution in [0.1, 0.15) is 5.56 Å². The van der Waals surface area contributed by atoms with Gasteiger partial charge in [-0.15, -0.1) is 0 Å². The lowest BCUT2D eigenvalue weighted by atomic mass is 10.1. The molecule has 1 aromatic carbocycles. The summed E-state index contributed by atoms with van der Waals surface area (Å²) in [5.74, 6) is 0.491. The van der Waals surface area contributed by atoms with Crippen LogP contribution in [-0.4, -0.2) is 10.2 Å². The first kappa shape index (κ1) is 9.03. The summed E-state index contributed by atoms with van der Waals surface area (Å²) in [5, 5.41) is 7.91. The zero-order valence-corrected chi connectivity index (χ0v) is 8.82. The SMILES string of the molecule is Cc1coc2cc(-c3cc(N)n[nH]3)ccc12. The fourth-order valence-corrected chi connectivity index (χ4v) is 1.81. The van der Waals surface area contributed by atoms with Crippen molar-refractivity contribution in [2.24, 2.45) is 0 Å². The Balaban J connectivity index is 2.18. The van der Waals surface area contributed by atoms with E-state index in [1.165, 1.54) is 0 Å². The predicted molar refractivity (Wildman–Crippen MR) is 62.9 cm³/mol. The lowest BCUT2D eigenvalue weighted by Gasteiger charge is -1.96. The number of fused-ring (bicyclic) bond motifs is 1. The number of benzene rings is 1. The first-order valence-electron chi connectivity index (χ1n) is 5.03. The van der Waals surface area contributed by atoms with Gasteiger partial charge in [-0.2, -0.15) is 5.10 Å². The van der Waals surface area contributed by atoms with E-state index in [1.54, 1.807) is 12.3 Å². The standard InChI is InChI=1S/C12H11N3O/c1-7-6-16-11-4-8(2-3-9(7)11)10-5-12(13)15-14-10/h2-6H,1H3,(H3,13,14,15). The van der Waals surface area contributed by atoms with E-state index >= 15 is 0 Å². The number of hydrogen-bond acceptors (Lipinski definition) is 3. The van der Waals surface area contributed by atoms with Crippen molar-refractivity contribution >= 4 is 16.8 Å². The van der Waals surface area contributed by atoms with Crippen molar-refractivity contribution in [1.29, 1.82) is 0 Å². The number of rotatable bonds is 1. The first-order valence-corrected chi connectivity index (χ1v) is 5.03. The van der Waals surface area contributed by atoms with Crippen LogP contribution >= 0.6 is 0 Å². The van der Waals surface area contributed by atoms with E-state index in [1.807, 2.05) is 25.1 Å². The molecule has 0 bridgehead atoms. The fourth-order valence-electron chi connectivity index (χ4n) is 1.81. The van der Waals surface area contributed by atoms with E-state index in [-0.39, 0.29) is 0 Å². The van der Waals surface area contributed by atoms with Crippen LogP contribution in [0.25, 0.3) is 22.2 Å². The minimum Gasteiger partial charge on any atom is -0.464 e. The van der Waals surface area contributed by atoms with E-state index in [0.717, 1.165) is 27.8 Å². The Labute approximate surface area is 92.1 Å². The largest absolute Gasteiger partial charge is 0.464 e. The molecule has 4 nitrogen and oxygen atoms in total. The first-order chi connectivity index (χ1) is 7.74. The number of aryl methyl sites for hydroxylation is 1. The van der Waals surface area contributed by atoms with Gasteiger partial charge in [0.2, 0.25) is 0 Å². The van der Waals surface area contributed by atoms with Crippen LogP contribution < -0.4 is 5.73 Å². The molecule has 80 valence electrons. The number of hydrogen-bond donors (Lipinski definition) is 2. The maximum Gasteiger partial charge on any atom is 0.145 e. The molecule has 0 radical (unpaired) electrons. The van der Waals surface area contributed by atoms with Gasteiger partial charge in [0.1, 0.15) is 11.4 Å². The summed E-state index contributed by atoms with van der Waals surface area (Å²) in [4.78, 5) is 0. The summed E-state index contributed by atoms with van der Waals surface area (Å²) >= 11 is 0. The second-order valence-electron chi connectivity index (χ2n) is 3.84. The Kier molecular flexibility index (Phi) is 1.77. The molecular formula is C12H11N3O. The third kappa shape index (κ3) is 1.27. The molecular weight excluding hydrogens is 202 g/mol. The lowest BCUT2D eigenvalue weighted by molar-refractivity contribution is 0.613. The van der Waals surface area contributed by atoms with Gasteiger partial charge in [-0.25, -0.2) is 0 Å². The van der Waals surface area contributed by atoms with Crippen molar-refractivity contribution in [3.8, 4) is 11.3 Å². The number of anilines is 1. The summed E-state index contributed by atoms with van der Waals surface area (Å²) in [6.07, 6.45) is 1.76. The van der Waals surface area contributed by atoms with Crippen LogP contribution in [0.2, 0.25) is 0 Å². The number of H-pyrrole nitrogens is 1. The summed E-state index contributed by atoms with van der Waals surface area (Å²) in [5.41, 5.74) is 9.51. The highest BCUT2D eigenvalue weighted by Gasteiger charge is 2.06. The van der Waals surface area contributed by atoms with E-state index in [9.17, 15) is 0 Å². The van der Waals surface area contributed by atoms with Crippen molar-refractivity contribution in [3.63, 3.8) is 0 Å². The average Bonchev–Trinajstić information content (AvgIpc) is 2.86. The Bertz CT molecular complexity index is 651. The number of nitrogens with two attached hydrogens (primary N) is 1. The summed E-state index contributed by atoms with van der Waals surface area (Å²) in [6, 6.07) is 7.85. The molecule has 0 amide bonds. The zero-order valence-electron chi connectivity index (χ0n) is 8.82. The number of furan rings is 1. The van der Waals surface area contributed by atoms with Gasteiger partial charge in [-0.3, -0.25) is 5.10 Å². The van der Waals surface area contributed by atoms with Crippen molar-refractivity contribution < 1.29 is 4.42 Å². The molecule has 3 rings (SSSR count). The van der Waals surface area contributed by atoms with E-state index in [2.05, 4.69) is 10.2 Å². The van der Waals surface area contributed by atoms with Crippen LogP contribution in [-0.2, 0) is 0 Å². The molecule has 16 heavy (non-hydrogen) atoms. The van der Waals surface area contributed by atoms with Crippen molar-refractivity contribution in [2.45, 2.75) is 6.92 Å². The Hall–Kier alpha value is -2.23. The molecule has 2 heterocycles. The van der Waals surface area contributed by atoms with Crippen LogP contribution in [0.3, 0.4) is 0 Å². The molecule has 0 spiro atoms. The van der Waals surface area contributed by atoms with Gasteiger partial charge in [-0.05, 0) is 18.6 Å². The molecule has 0 saturated heterocycles. The quantitative estimate of drug-likeness (QED) is 0.653. The van der Waals surface area contributed by atoms with Crippen LogP contribution in [0.4, 0.5) is 5.82 Å². The van der Waals surface area contributed by atoms with E-state index < -0.39 is 0 Å². The molecule has 4 heteroatoms. The zero-order chi connectivity index (χ0) is 11.1. The molecule has 0 aliphatic rings. The van der Waals surface area contributed by atoms with Gasteiger partial charge >= 0.3 is 0 Å². The van der Waals surface area contributed by atoms with Crippen LogP contribution in [0.15, 0.2) is 34.9 Å².